The first-order valence-electron chi connectivity index (χ1n) is 3.53. The number of cyclic esters (lactones) is 1. The van der Waals surface area contributed by atoms with Gasteiger partial charge in [0.2, 0.25) is 5.76 Å². The van der Waals surface area contributed by atoms with Gasteiger partial charge in [0.05, 0.1) is 6.61 Å². The highest BCUT2D eigenvalue weighted by Gasteiger charge is 2.38. The van der Waals surface area contributed by atoms with Gasteiger partial charge in [-0.1, -0.05) is 0 Å². The number of rotatable bonds is 2. The maximum absolute atomic E-state index is 10.5. The molecule has 0 aliphatic carbocycles. The molecular formula is C6H12N2O6. The minimum atomic E-state index is -1.42. The molecule has 0 unspecified atom stereocenters. The number of esters is 1. The maximum atomic E-state index is 10.5. The van der Waals surface area contributed by atoms with Crippen LogP contribution >= 0.6 is 0 Å². The fourth-order valence-electron chi connectivity index (χ4n) is 0.823. The molecule has 1 heterocycles. The molecular weight excluding hydrogens is 196 g/mol. The fourth-order valence-corrected chi connectivity index (χ4v) is 0.823. The Morgan fingerprint density at radius 1 is 1.43 bits per heavy atom. The number of aliphatic hydroxyl groups is 4. The van der Waals surface area contributed by atoms with E-state index in [1.54, 1.807) is 0 Å². The predicted molar refractivity (Wildman–Crippen MR) is 43.6 cm³/mol. The first-order chi connectivity index (χ1) is 6.57. The van der Waals surface area contributed by atoms with Crippen molar-refractivity contribution < 1.29 is 30.0 Å². The molecule has 8 N–H and O–H groups in total. The van der Waals surface area contributed by atoms with E-state index in [1.165, 1.54) is 0 Å². The lowest BCUT2D eigenvalue weighted by molar-refractivity contribution is -0.147. The first kappa shape index (κ1) is 12.7. The second-order valence-corrected chi connectivity index (χ2v) is 2.31. The molecule has 0 bridgehead atoms. The number of hydrogen-bond acceptors (Lipinski definition) is 8. The van der Waals surface area contributed by atoms with E-state index in [1.807, 2.05) is 0 Å². The van der Waals surface area contributed by atoms with Crippen LogP contribution in [-0.2, 0) is 9.53 Å². The van der Waals surface area contributed by atoms with Gasteiger partial charge in [0.15, 0.2) is 11.9 Å². The number of ether oxygens (including phenoxy) is 1. The standard InChI is InChI=1S/C6H8O6.H4N2/c7-1-2(8)5-3(9)4(10)6(11)12-5;1-2/h2,5,7-10H,1H2;1-2H2/t2-,5+;/m0./s1. The van der Waals surface area contributed by atoms with Crippen LogP contribution in [0.15, 0.2) is 11.5 Å². The molecule has 0 fully saturated rings. The molecule has 1 rings (SSSR count). The number of hydrazine groups is 1. The molecule has 0 aromatic heterocycles. The minimum absolute atomic E-state index is 0.671. The summed E-state index contributed by atoms with van der Waals surface area (Å²) in [4.78, 5) is 10.5. The average molecular weight is 208 g/mol. The molecule has 0 saturated carbocycles. The van der Waals surface area contributed by atoms with E-state index in [9.17, 15) is 4.79 Å². The van der Waals surface area contributed by atoms with E-state index in [-0.39, 0.29) is 0 Å². The lowest BCUT2D eigenvalue weighted by Gasteiger charge is -2.13. The number of carbonyl (C=O) groups is 1. The van der Waals surface area contributed by atoms with Crippen LogP contribution in [0.4, 0.5) is 0 Å². The van der Waals surface area contributed by atoms with Crippen LogP contribution in [-0.4, -0.2) is 45.2 Å². The van der Waals surface area contributed by atoms with Gasteiger partial charge in [-0.2, -0.15) is 0 Å². The lowest BCUT2D eigenvalue weighted by atomic mass is 10.2. The van der Waals surface area contributed by atoms with Gasteiger partial charge in [0, 0.05) is 0 Å². The van der Waals surface area contributed by atoms with E-state index in [0.29, 0.717) is 0 Å². The predicted octanol–water partition coefficient (Wildman–Crippen LogP) is -2.59. The van der Waals surface area contributed by atoms with Crippen LogP contribution in [0.3, 0.4) is 0 Å². The Kier molecular flexibility index (Phi) is 4.87. The third-order valence-electron chi connectivity index (χ3n) is 1.48. The van der Waals surface area contributed by atoms with Crippen molar-refractivity contribution in [3.05, 3.63) is 11.5 Å². The van der Waals surface area contributed by atoms with Crippen LogP contribution in [0, 0.1) is 0 Å². The molecule has 0 amide bonds. The normalized spacial score (nSPS) is 22.6. The average Bonchev–Trinajstić information content (AvgIpc) is 2.48. The van der Waals surface area contributed by atoms with Crippen molar-refractivity contribution in [1.82, 2.24) is 0 Å². The zero-order valence-corrected chi connectivity index (χ0v) is 7.12. The second kappa shape index (κ2) is 5.40. The zero-order chi connectivity index (χ0) is 11.3. The molecule has 8 heteroatoms. The summed E-state index contributed by atoms with van der Waals surface area (Å²) < 4.78 is 4.32. The maximum Gasteiger partial charge on any atom is 0.377 e. The van der Waals surface area contributed by atoms with Crippen molar-refractivity contribution in [3.8, 4) is 0 Å². The Morgan fingerprint density at radius 3 is 2.21 bits per heavy atom. The molecule has 0 spiro atoms. The SMILES string of the molecule is NN.O=C1O[C@H]([C@@H](O)CO)C(O)=C1O. The Hall–Kier alpha value is -1.35. The molecule has 0 radical (unpaired) electrons. The second-order valence-electron chi connectivity index (χ2n) is 2.31. The Bertz CT molecular complexity index is 240. The Balaban J connectivity index is 0.000000791. The van der Waals surface area contributed by atoms with Gasteiger partial charge in [0.1, 0.15) is 6.10 Å². The van der Waals surface area contributed by atoms with Gasteiger partial charge < -0.3 is 25.2 Å². The number of aliphatic hydroxyl groups excluding tert-OH is 4. The van der Waals surface area contributed by atoms with Crippen molar-refractivity contribution in [2.24, 2.45) is 11.7 Å². The Labute approximate surface area is 79.0 Å². The summed E-state index contributed by atoms with van der Waals surface area (Å²) in [7, 11) is 0. The summed E-state index contributed by atoms with van der Waals surface area (Å²) in [6, 6.07) is 0. The van der Waals surface area contributed by atoms with E-state index in [4.69, 9.17) is 20.4 Å². The van der Waals surface area contributed by atoms with Crippen molar-refractivity contribution >= 4 is 5.97 Å². The third-order valence-corrected chi connectivity index (χ3v) is 1.48. The van der Waals surface area contributed by atoms with E-state index in [0.717, 1.165) is 0 Å². The van der Waals surface area contributed by atoms with Gasteiger partial charge in [-0.15, -0.1) is 0 Å². The summed E-state index contributed by atoms with van der Waals surface area (Å²) in [5.74, 6) is 5.22. The molecule has 0 saturated heterocycles. The van der Waals surface area contributed by atoms with Crippen LogP contribution in [0.2, 0.25) is 0 Å². The monoisotopic (exact) mass is 208 g/mol. The highest BCUT2D eigenvalue weighted by atomic mass is 16.6. The number of nitrogens with two attached hydrogens (primary N) is 2. The Morgan fingerprint density at radius 2 is 1.93 bits per heavy atom. The van der Waals surface area contributed by atoms with E-state index in [2.05, 4.69) is 16.4 Å². The topological polar surface area (TPSA) is 159 Å². The van der Waals surface area contributed by atoms with E-state index >= 15 is 0 Å². The van der Waals surface area contributed by atoms with Gasteiger partial charge in [-0.3, -0.25) is 11.7 Å². The fraction of sp³-hybridized carbons (Fsp3) is 0.500. The molecule has 1 aliphatic rings. The van der Waals surface area contributed by atoms with Crippen molar-refractivity contribution in [3.63, 3.8) is 0 Å². The van der Waals surface area contributed by atoms with Crippen LogP contribution in [0.25, 0.3) is 0 Å². The zero-order valence-electron chi connectivity index (χ0n) is 7.12. The summed E-state index contributed by atoms with van der Waals surface area (Å²) in [6.45, 7) is -0.671. The highest BCUT2D eigenvalue weighted by molar-refractivity contribution is 5.89. The summed E-state index contributed by atoms with van der Waals surface area (Å²) >= 11 is 0. The highest BCUT2D eigenvalue weighted by Crippen LogP contribution is 2.20. The smallest absolute Gasteiger partial charge is 0.377 e. The molecule has 0 aromatic rings. The largest absolute Gasteiger partial charge is 0.505 e. The van der Waals surface area contributed by atoms with Crippen LogP contribution in [0.1, 0.15) is 0 Å². The number of carbonyl (C=O) groups excluding carboxylic acids is 1. The molecule has 8 nitrogen and oxygen atoms in total. The molecule has 0 aromatic carbocycles. The molecule has 1 aliphatic heterocycles. The quantitative estimate of drug-likeness (QED) is 0.164. The third kappa shape index (κ3) is 2.33. The first-order valence-corrected chi connectivity index (χ1v) is 3.53. The molecule has 2 atom stereocenters. The number of hydrogen-bond donors (Lipinski definition) is 6. The summed E-state index contributed by atoms with van der Waals surface area (Å²) in [6.07, 6.45) is -2.78. The van der Waals surface area contributed by atoms with Crippen LogP contribution in [0.5, 0.6) is 0 Å². The van der Waals surface area contributed by atoms with Crippen molar-refractivity contribution in [1.29, 1.82) is 0 Å². The molecule has 14 heavy (non-hydrogen) atoms. The summed E-state index contributed by atoms with van der Waals surface area (Å²) in [5, 5.41) is 35.0. The molecule has 82 valence electrons. The van der Waals surface area contributed by atoms with Crippen molar-refractivity contribution in [2.45, 2.75) is 12.2 Å². The van der Waals surface area contributed by atoms with E-state index < -0.39 is 36.3 Å². The minimum Gasteiger partial charge on any atom is -0.505 e. The van der Waals surface area contributed by atoms with Crippen molar-refractivity contribution in [2.75, 3.05) is 6.61 Å². The van der Waals surface area contributed by atoms with Crippen LogP contribution < -0.4 is 11.7 Å². The lowest BCUT2D eigenvalue weighted by Crippen LogP contribution is -2.31. The van der Waals surface area contributed by atoms with Gasteiger partial charge in [0.25, 0.3) is 0 Å². The van der Waals surface area contributed by atoms with Gasteiger partial charge in [-0.25, -0.2) is 4.79 Å². The van der Waals surface area contributed by atoms with Gasteiger partial charge >= 0.3 is 5.97 Å². The van der Waals surface area contributed by atoms with Gasteiger partial charge in [-0.05, 0) is 0 Å². The summed E-state index contributed by atoms with van der Waals surface area (Å²) in [5.41, 5.74) is 0.